The number of carbonyl (C=O) groups is 1. The maximum Gasteiger partial charge on any atom is 0.274 e. The second kappa shape index (κ2) is 7.14. The van der Waals surface area contributed by atoms with E-state index in [1.54, 1.807) is 24.5 Å². The Kier molecular flexibility index (Phi) is 4.77. The smallest absolute Gasteiger partial charge is 0.274 e. The van der Waals surface area contributed by atoms with Gasteiger partial charge in [0.05, 0.1) is 0 Å². The summed E-state index contributed by atoms with van der Waals surface area (Å²) in [5.41, 5.74) is 3.43. The molecule has 1 amide bonds. The molecule has 0 spiro atoms. The summed E-state index contributed by atoms with van der Waals surface area (Å²) in [6.45, 7) is 0.994. The molecule has 0 fully saturated rings. The van der Waals surface area contributed by atoms with Gasteiger partial charge in [-0.15, -0.1) is 0 Å². The molecule has 0 unspecified atom stereocenters. The molecule has 0 bridgehead atoms. The predicted molar refractivity (Wildman–Crippen MR) is 94.0 cm³/mol. The van der Waals surface area contributed by atoms with Crippen molar-refractivity contribution in [2.24, 2.45) is 0 Å². The van der Waals surface area contributed by atoms with Gasteiger partial charge in [-0.25, -0.2) is 9.97 Å². The number of amides is 1. The highest BCUT2D eigenvalue weighted by Crippen LogP contribution is 2.13. The molecule has 2 heterocycles. The Hall–Kier alpha value is -2.86. The maximum absolute atomic E-state index is 12.3. The minimum atomic E-state index is -0.261. The Morgan fingerprint density at radius 3 is 2.54 bits per heavy atom. The van der Waals surface area contributed by atoms with Gasteiger partial charge in [0.1, 0.15) is 11.2 Å². The Balaban J connectivity index is 1.69. The van der Waals surface area contributed by atoms with Gasteiger partial charge in [-0.1, -0.05) is 12.1 Å². The Morgan fingerprint density at radius 2 is 1.79 bits per heavy atom. The van der Waals surface area contributed by atoms with Crippen molar-refractivity contribution in [3.63, 3.8) is 0 Å². The van der Waals surface area contributed by atoms with Crippen LogP contribution in [0.1, 0.15) is 16.1 Å². The predicted octanol–water partition coefficient (Wildman–Crippen LogP) is 2.38. The number of benzene rings is 1. The fourth-order valence-corrected chi connectivity index (χ4v) is 2.28. The van der Waals surface area contributed by atoms with Crippen LogP contribution in [0.5, 0.6) is 0 Å². The van der Waals surface area contributed by atoms with Gasteiger partial charge in [-0.3, -0.25) is 9.78 Å². The summed E-state index contributed by atoms with van der Waals surface area (Å²) >= 11 is 0. The van der Waals surface area contributed by atoms with Gasteiger partial charge in [-0.2, -0.15) is 0 Å². The molecule has 0 aliphatic rings. The van der Waals surface area contributed by atoms with E-state index in [0.29, 0.717) is 16.9 Å². The number of rotatable bonds is 5. The van der Waals surface area contributed by atoms with Crippen LogP contribution in [0, 0.1) is 0 Å². The zero-order chi connectivity index (χ0) is 16.9. The van der Waals surface area contributed by atoms with Crippen LogP contribution >= 0.6 is 0 Å². The van der Waals surface area contributed by atoms with E-state index < -0.39 is 0 Å². The van der Waals surface area contributed by atoms with Crippen molar-refractivity contribution in [2.45, 2.75) is 6.42 Å². The minimum Gasteiger partial charge on any atom is -0.321 e. The highest BCUT2D eigenvalue weighted by Gasteiger charge is 2.09. The van der Waals surface area contributed by atoms with E-state index >= 15 is 0 Å². The fraction of sp³-hybridized carbons (Fsp3) is 0.222. The van der Waals surface area contributed by atoms with Crippen LogP contribution in [-0.2, 0) is 6.42 Å². The second-order valence-corrected chi connectivity index (χ2v) is 5.80. The number of pyridine rings is 1. The molecule has 2 aromatic heterocycles. The van der Waals surface area contributed by atoms with Gasteiger partial charge < -0.3 is 10.2 Å². The highest BCUT2D eigenvalue weighted by atomic mass is 16.1. The molecule has 24 heavy (non-hydrogen) atoms. The monoisotopic (exact) mass is 321 g/mol. The lowest BCUT2D eigenvalue weighted by Crippen LogP contribution is -2.15. The molecular formula is C18H19N5O. The number of hydrogen-bond donors (Lipinski definition) is 1. The van der Waals surface area contributed by atoms with Crippen molar-refractivity contribution in [1.29, 1.82) is 0 Å². The second-order valence-electron chi connectivity index (χ2n) is 5.80. The summed E-state index contributed by atoms with van der Waals surface area (Å²) < 4.78 is 0. The fourth-order valence-electron chi connectivity index (χ4n) is 2.28. The van der Waals surface area contributed by atoms with Crippen LogP contribution in [0.2, 0.25) is 0 Å². The van der Waals surface area contributed by atoms with E-state index in [2.05, 4.69) is 39.3 Å². The molecule has 122 valence electrons. The van der Waals surface area contributed by atoms with Crippen LogP contribution in [0.4, 0.5) is 5.69 Å². The normalized spacial score (nSPS) is 11.0. The summed E-state index contributed by atoms with van der Waals surface area (Å²) in [6.07, 6.45) is 4.14. The maximum atomic E-state index is 12.3. The highest BCUT2D eigenvalue weighted by molar-refractivity contribution is 6.03. The van der Waals surface area contributed by atoms with Crippen molar-refractivity contribution < 1.29 is 4.79 Å². The quantitative estimate of drug-likeness (QED) is 0.781. The van der Waals surface area contributed by atoms with Gasteiger partial charge in [0, 0.05) is 24.6 Å². The molecule has 6 heteroatoms. The molecule has 3 rings (SSSR count). The van der Waals surface area contributed by atoms with Crippen molar-refractivity contribution in [3.8, 4) is 0 Å². The molecule has 0 radical (unpaired) electrons. The van der Waals surface area contributed by atoms with Crippen LogP contribution < -0.4 is 5.32 Å². The first kappa shape index (κ1) is 16.0. The largest absolute Gasteiger partial charge is 0.321 e. The Bertz CT molecular complexity index is 845. The van der Waals surface area contributed by atoms with Gasteiger partial charge in [0.15, 0.2) is 5.65 Å². The van der Waals surface area contributed by atoms with E-state index in [1.807, 2.05) is 24.3 Å². The molecular weight excluding hydrogens is 302 g/mol. The number of fused-ring (bicyclic) bond motifs is 1. The van der Waals surface area contributed by atoms with Crippen LogP contribution in [-0.4, -0.2) is 46.4 Å². The number of likely N-dealkylation sites (N-methyl/N-ethyl adjacent to an activating group) is 1. The summed E-state index contributed by atoms with van der Waals surface area (Å²) in [5.74, 6) is -0.261. The first-order valence-corrected chi connectivity index (χ1v) is 7.74. The Labute approximate surface area is 140 Å². The average Bonchev–Trinajstić information content (AvgIpc) is 2.60. The van der Waals surface area contributed by atoms with Crippen molar-refractivity contribution in [3.05, 3.63) is 60.0 Å². The molecule has 1 aromatic carbocycles. The van der Waals surface area contributed by atoms with Crippen molar-refractivity contribution in [2.75, 3.05) is 26.0 Å². The van der Waals surface area contributed by atoms with Crippen LogP contribution in [0.25, 0.3) is 11.2 Å². The standard InChI is InChI=1S/C18H19N5O/c1-23(2)12-9-13-3-5-14(6-4-13)21-18(24)16-8-7-15-17(22-16)20-11-10-19-15/h3-8,10-11H,9,12H2,1-2H3,(H,21,24). The first-order valence-electron chi connectivity index (χ1n) is 7.74. The number of carbonyl (C=O) groups excluding carboxylic acids is 1. The Morgan fingerprint density at radius 1 is 1.04 bits per heavy atom. The van der Waals surface area contributed by atoms with Gasteiger partial charge in [0.2, 0.25) is 0 Å². The van der Waals surface area contributed by atoms with Crippen molar-refractivity contribution in [1.82, 2.24) is 19.9 Å². The molecule has 0 aliphatic carbocycles. The zero-order valence-electron chi connectivity index (χ0n) is 13.7. The van der Waals surface area contributed by atoms with Gasteiger partial charge >= 0.3 is 0 Å². The molecule has 1 N–H and O–H groups in total. The third-order valence-electron chi connectivity index (χ3n) is 3.62. The van der Waals surface area contributed by atoms with Crippen molar-refractivity contribution >= 4 is 22.8 Å². The summed E-state index contributed by atoms with van der Waals surface area (Å²) in [6, 6.07) is 11.3. The molecule has 3 aromatic rings. The molecule has 0 saturated carbocycles. The SMILES string of the molecule is CN(C)CCc1ccc(NC(=O)c2ccc3nccnc3n2)cc1. The molecule has 0 atom stereocenters. The lowest BCUT2D eigenvalue weighted by atomic mass is 10.1. The summed E-state index contributed by atoms with van der Waals surface area (Å²) in [7, 11) is 4.10. The van der Waals surface area contributed by atoms with Gasteiger partial charge in [0.25, 0.3) is 5.91 Å². The zero-order valence-corrected chi connectivity index (χ0v) is 13.7. The number of nitrogens with zero attached hydrogens (tertiary/aromatic N) is 4. The number of anilines is 1. The lowest BCUT2D eigenvalue weighted by molar-refractivity contribution is 0.102. The van der Waals surface area contributed by atoms with E-state index in [0.717, 1.165) is 18.7 Å². The molecule has 6 nitrogen and oxygen atoms in total. The topological polar surface area (TPSA) is 71.0 Å². The summed E-state index contributed by atoms with van der Waals surface area (Å²) in [5, 5.41) is 2.85. The van der Waals surface area contributed by atoms with E-state index in [1.165, 1.54) is 5.56 Å². The minimum absolute atomic E-state index is 0.261. The lowest BCUT2D eigenvalue weighted by Gasteiger charge is -2.10. The van der Waals surface area contributed by atoms with E-state index in [9.17, 15) is 4.79 Å². The third kappa shape index (κ3) is 3.91. The number of nitrogens with one attached hydrogen (secondary N) is 1. The molecule has 0 aliphatic heterocycles. The number of hydrogen-bond acceptors (Lipinski definition) is 5. The third-order valence-corrected chi connectivity index (χ3v) is 3.62. The average molecular weight is 321 g/mol. The van der Waals surface area contributed by atoms with E-state index in [-0.39, 0.29) is 5.91 Å². The first-order chi connectivity index (χ1) is 11.6. The van der Waals surface area contributed by atoms with E-state index in [4.69, 9.17) is 0 Å². The van der Waals surface area contributed by atoms with Gasteiger partial charge in [-0.05, 0) is 50.3 Å². The van der Waals surface area contributed by atoms with Crippen LogP contribution in [0.3, 0.4) is 0 Å². The molecule has 0 saturated heterocycles. The van der Waals surface area contributed by atoms with Crippen LogP contribution in [0.15, 0.2) is 48.8 Å². The number of aromatic nitrogens is 3. The summed E-state index contributed by atoms with van der Waals surface area (Å²) in [4.78, 5) is 27.0.